The van der Waals surface area contributed by atoms with E-state index < -0.39 is 0 Å². The third-order valence-electron chi connectivity index (χ3n) is 4.51. The molecule has 0 saturated carbocycles. The molecule has 0 unspecified atom stereocenters. The molecule has 0 bridgehead atoms. The lowest BCUT2D eigenvalue weighted by Crippen LogP contribution is -2.07. The summed E-state index contributed by atoms with van der Waals surface area (Å²) in [5, 5.41) is 18.6. The average molecular weight is 390 g/mol. The minimum absolute atomic E-state index is 0.649. The first-order chi connectivity index (χ1) is 13.6. The van der Waals surface area contributed by atoms with Gasteiger partial charge in [-0.25, -0.2) is 4.98 Å². The van der Waals surface area contributed by atoms with Crippen LogP contribution in [0.25, 0.3) is 27.1 Å². The normalized spacial score (nSPS) is 11.5. The zero-order valence-corrected chi connectivity index (χ0v) is 16.6. The molecule has 0 amide bonds. The maximum absolute atomic E-state index is 4.73. The third kappa shape index (κ3) is 2.89. The quantitative estimate of drug-likeness (QED) is 0.470. The summed E-state index contributed by atoms with van der Waals surface area (Å²) in [5.74, 6) is 0.803. The van der Waals surface area contributed by atoms with Gasteiger partial charge in [-0.3, -0.25) is 4.68 Å². The fraction of sp³-hybridized carbons (Fsp3) is 0.211. The second kappa shape index (κ2) is 6.38. The molecule has 0 N–H and O–H groups in total. The van der Waals surface area contributed by atoms with Gasteiger partial charge in [-0.05, 0) is 29.8 Å². The summed E-state index contributed by atoms with van der Waals surface area (Å²) >= 11 is 1.68. The zero-order chi connectivity index (χ0) is 19.3. The molecule has 9 heteroatoms. The van der Waals surface area contributed by atoms with Gasteiger partial charge in [-0.2, -0.15) is 14.7 Å². The fourth-order valence-electron chi connectivity index (χ4n) is 3.09. The highest BCUT2D eigenvalue weighted by atomic mass is 32.1. The molecule has 5 rings (SSSR count). The first-order valence-corrected chi connectivity index (χ1v) is 9.65. The van der Waals surface area contributed by atoms with Crippen LogP contribution in [0, 0.1) is 0 Å². The standard InChI is InChI=1S/C19H18N8S/c1-25(2)19-21-15-5-4-12(8-16(15)28-19)9-18-23-22-17-7-6-14(24-27(17)18)13-10-20-26(3)11-13/h4-8,10-11H,9H2,1-3H3. The van der Waals surface area contributed by atoms with Gasteiger partial charge in [0.15, 0.2) is 16.6 Å². The Kier molecular flexibility index (Phi) is 3.83. The minimum Gasteiger partial charge on any atom is -0.354 e. The second-order valence-corrected chi connectivity index (χ2v) is 7.89. The lowest BCUT2D eigenvalue weighted by molar-refractivity contribution is 0.768. The van der Waals surface area contributed by atoms with E-state index in [0.29, 0.717) is 6.42 Å². The molecule has 0 spiro atoms. The number of aromatic nitrogens is 7. The lowest BCUT2D eigenvalue weighted by Gasteiger charge is -2.04. The van der Waals surface area contributed by atoms with Crippen LogP contribution in [-0.2, 0) is 13.5 Å². The van der Waals surface area contributed by atoms with Crippen molar-refractivity contribution < 1.29 is 0 Å². The Bertz CT molecular complexity index is 1300. The Morgan fingerprint density at radius 1 is 1.11 bits per heavy atom. The predicted molar refractivity (Wildman–Crippen MR) is 110 cm³/mol. The van der Waals surface area contributed by atoms with E-state index in [1.165, 1.54) is 4.70 Å². The Balaban J connectivity index is 1.51. The van der Waals surface area contributed by atoms with Gasteiger partial charge in [-0.1, -0.05) is 17.4 Å². The Labute approximate surface area is 165 Å². The number of nitrogens with zero attached hydrogens (tertiary/aromatic N) is 8. The van der Waals surface area contributed by atoms with Gasteiger partial charge in [0, 0.05) is 39.3 Å². The molecule has 0 aliphatic heterocycles. The number of fused-ring (bicyclic) bond motifs is 2. The van der Waals surface area contributed by atoms with E-state index in [0.717, 1.165) is 38.9 Å². The summed E-state index contributed by atoms with van der Waals surface area (Å²) in [4.78, 5) is 6.67. The Morgan fingerprint density at radius 2 is 2.00 bits per heavy atom. The van der Waals surface area contributed by atoms with Gasteiger partial charge in [0.2, 0.25) is 0 Å². The molecule has 8 nitrogen and oxygen atoms in total. The highest BCUT2D eigenvalue weighted by molar-refractivity contribution is 7.22. The first-order valence-electron chi connectivity index (χ1n) is 8.84. The Morgan fingerprint density at radius 3 is 2.79 bits per heavy atom. The highest BCUT2D eigenvalue weighted by Gasteiger charge is 2.12. The molecule has 0 radical (unpaired) electrons. The molecule has 0 aliphatic carbocycles. The molecular formula is C19H18N8S. The van der Waals surface area contributed by atoms with Crippen molar-refractivity contribution in [3.63, 3.8) is 0 Å². The van der Waals surface area contributed by atoms with Crippen molar-refractivity contribution in [3.8, 4) is 11.3 Å². The highest BCUT2D eigenvalue weighted by Crippen LogP contribution is 2.29. The molecule has 4 heterocycles. The summed E-state index contributed by atoms with van der Waals surface area (Å²) < 4.78 is 4.74. The SMILES string of the molecule is CN(C)c1nc2ccc(Cc3nnc4ccc(-c5cnn(C)c5)nn34)cc2s1. The third-order valence-corrected chi connectivity index (χ3v) is 5.70. The van der Waals surface area contributed by atoms with E-state index in [-0.39, 0.29) is 0 Å². The molecule has 1 aromatic carbocycles. The van der Waals surface area contributed by atoms with Crippen LogP contribution >= 0.6 is 11.3 Å². The molecule has 28 heavy (non-hydrogen) atoms. The van der Waals surface area contributed by atoms with Gasteiger partial charge >= 0.3 is 0 Å². The maximum atomic E-state index is 4.73. The van der Waals surface area contributed by atoms with Gasteiger partial charge in [0.1, 0.15) is 0 Å². The lowest BCUT2D eigenvalue weighted by atomic mass is 10.1. The van der Waals surface area contributed by atoms with Crippen LogP contribution in [0.15, 0.2) is 42.7 Å². The van der Waals surface area contributed by atoms with Crippen molar-refractivity contribution in [1.82, 2.24) is 34.6 Å². The molecule has 140 valence electrons. The number of rotatable bonds is 4. The molecule has 0 atom stereocenters. The van der Waals surface area contributed by atoms with E-state index in [2.05, 4.69) is 38.5 Å². The summed E-state index contributed by atoms with van der Waals surface area (Å²) in [6.07, 6.45) is 4.40. The van der Waals surface area contributed by atoms with Crippen LogP contribution in [0.5, 0.6) is 0 Å². The van der Waals surface area contributed by atoms with Crippen LogP contribution in [0.2, 0.25) is 0 Å². The zero-order valence-electron chi connectivity index (χ0n) is 15.7. The minimum atomic E-state index is 0.649. The summed E-state index contributed by atoms with van der Waals surface area (Å²) in [7, 11) is 5.91. The van der Waals surface area contributed by atoms with E-state index in [9.17, 15) is 0 Å². The fourth-order valence-corrected chi connectivity index (χ4v) is 4.04. The van der Waals surface area contributed by atoms with Crippen LogP contribution in [-0.4, -0.2) is 48.7 Å². The maximum Gasteiger partial charge on any atom is 0.185 e. The molecule has 5 aromatic rings. The van der Waals surface area contributed by atoms with Crippen LogP contribution in [0.3, 0.4) is 0 Å². The number of aryl methyl sites for hydroxylation is 1. The van der Waals surface area contributed by atoms with E-state index >= 15 is 0 Å². The van der Waals surface area contributed by atoms with Crippen molar-refractivity contribution >= 4 is 32.3 Å². The van der Waals surface area contributed by atoms with Crippen LogP contribution in [0.1, 0.15) is 11.4 Å². The molecular weight excluding hydrogens is 372 g/mol. The first kappa shape index (κ1) is 16.8. The van der Waals surface area contributed by atoms with Crippen LogP contribution in [0.4, 0.5) is 5.13 Å². The van der Waals surface area contributed by atoms with Gasteiger partial charge in [-0.15, -0.1) is 10.2 Å². The number of hydrogen-bond acceptors (Lipinski definition) is 7. The summed E-state index contributed by atoms with van der Waals surface area (Å²) in [5.41, 5.74) is 4.71. The monoisotopic (exact) mass is 390 g/mol. The van der Waals surface area contributed by atoms with Crippen molar-refractivity contribution in [2.45, 2.75) is 6.42 Å². The summed E-state index contributed by atoms with van der Waals surface area (Å²) in [6, 6.07) is 10.2. The van der Waals surface area contributed by atoms with Crippen LogP contribution < -0.4 is 4.90 Å². The smallest absolute Gasteiger partial charge is 0.185 e. The average Bonchev–Trinajstić information content (AvgIpc) is 3.39. The largest absolute Gasteiger partial charge is 0.354 e. The Hall–Kier alpha value is -3.33. The molecule has 4 aromatic heterocycles. The van der Waals surface area contributed by atoms with Gasteiger partial charge < -0.3 is 4.90 Å². The van der Waals surface area contributed by atoms with Crippen molar-refractivity contribution in [2.75, 3.05) is 19.0 Å². The number of benzene rings is 1. The topological polar surface area (TPSA) is 77.0 Å². The van der Waals surface area contributed by atoms with Crippen molar-refractivity contribution in [1.29, 1.82) is 0 Å². The van der Waals surface area contributed by atoms with Crippen molar-refractivity contribution in [3.05, 3.63) is 54.1 Å². The van der Waals surface area contributed by atoms with E-state index in [1.54, 1.807) is 22.2 Å². The van der Waals surface area contributed by atoms with Gasteiger partial charge in [0.05, 0.1) is 22.1 Å². The van der Waals surface area contributed by atoms with Crippen molar-refractivity contribution in [2.24, 2.45) is 7.05 Å². The van der Waals surface area contributed by atoms with Gasteiger partial charge in [0.25, 0.3) is 0 Å². The number of thiazole rings is 1. The molecule has 0 saturated heterocycles. The number of hydrogen-bond donors (Lipinski definition) is 0. The second-order valence-electron chi connectivity index (χ2n) is 6.88. The number of anilines is 1. The summed E-state index contributed by atoms with van der Waals surface area (Å²) in [6.45, 7) is 0. The van der Waals surface area contributed by atoms with E-state index in [1.807, 2.05) is 48.9 Å². The molecule has 0 aliphatic rings. The predicted octanol–water partition coefficient (Wildman–Crippen LogP) is 2.79. The van der Waals surface area contributed by atoms with E-state index in [4.69, 9.17) is 5.10 Å². The molecule has 0 fully saturated rings.